The molecule has 5 rings (SSSR count). The number of urea groups is 1. The summed E-state index contributed by atoms with van der Waals surface area (Å²) in [4.78, 5) is 32.3. The van der Waals surface area contributed by atoms with E-state index in [1.807, 2.05) is 49.4 Å². The summed E-state index contributed by atoms with van der Waals surface area (Å²) in [6.07, 6.45) is 0.562. The minimum absolute atomic E-state index is 0.133. The maximum absolute atomic E-state index is 13.0. The molecule has 2 aromatic carbocycles. The van der Waals surface area contributed by atoms with Crippen molar-refractivity contribution >= 4 is 28.5 Å². The Labute approximate surface area is 144 Å². The molecule has 124 valence electrons. The van der Waals surface area contributed by atoms with Gasteiger partial charge < -0.3 is 9.88 Å². The molecule has 2 aliphatic rings. The number of hydrogen-bond donors (Lipinski definition) is 1. The van der Waals surface area contributed by atoms with Crippen LogP contribution in [-0.4, -0.2) is 27.9 Å². The highest BCUT2D eigenvalue weighted by Gasteiger charge is 2.48. The summed E-state index contributed by atoms with van der Waals surface area (Å²) in [6.45, 7) is 2.40. The van der Waals surface area contributed by atoms with Gasteiger partial charge in [-0.25, -0.2) is 9.69 Å². The topological polar surface area (TPSA) is 56.4 Å². The number of amides is 3. The quantitative estimate of drug-likeness (QED) is 0.695. The van der Waals surface area contributed by atoms with E-state index in [9.17, 15) is 9.59 Å². The van der Waals surface area contributed by atoms with Crippen LogP contribution in [0.3, 0.4) is 0 Å². The van der Waals surface area contributed by atoms with E-state index in [-0.39, 0.29) is 11.9 Å². The third-order valence-electron chi connectivity index (χ3n) is 5.21. The van der Waals surface area contributed by atoms with E-state index in [0.29, 0.717) is 18.7 Å². The third kappa shape index (κ3) is 1.95. The molecule has 0 spiro atoms. The lowest BCUT2D eigenvalue weighted by Crippen LogP contribution is -2.39. The van der Waals surface area contributed by atoms with Crippen LogP contribution in [0.1, 0.15) is 16.8 Å². The molecule has 0 aliphatic carbocycles. The fourth-order valence-corrected chi connectivity index (χ4v) is 4.01. The van der Waals surface area contributed by atoms with E-state index in [1.54, 1.807) is 4.90 Å². The van der Waals surface area contributed by atoms with Gasteiger partial charge in [-0.2, -0.15) is 0 Å². The number of fused-ring (bicyclic) bond motifs is 4. The smallest absolute Gasteiger partial charge is 0.332 e. The van der Waals surface area contributed by atoms with E-state index in [4.69, 9.17) is 0 Å². The molecule has 1 aromatic heterocycles. The molecule has 0 unspecified atom stereocenters. The summed E-state index contributed by atoms with van der Waals surface area (Å²) >= 11 is 0. The molecule has 1 atom stereocenters. The summed E-state index contributed by atoms with van der Waals surface area (Å²) in [6, 6.07) is 15.0. The van der Waals surface area contributed by atoms with Gasteiger partial charge in [-0.1, -0.05) is 30.3 Å². The Hall–Kier alpha value is -3.08. The predicted molar refractivity (Wildman–Crippen MR) is 95.4 cm³/mol. The van der Waals surface area contributed by atoms with Crippen molar-refractivity contribution in [2.24, 2.45) is 0 Å². The molecular formula is C20H17N3O2. The number of carbonyl (C=O) groups excluding carboxylic acids is 2. The first-order valence-electron chi connectivity index (χ1n) is 8.43. The second-order valence-electron chi connectivity index (χ2n) is 6.77. The van der Waals surface area contributed by atoms with Crippen LogP contribution < -0.4 is 4.90 Å². The van der Waals surface area contributed by atoms with Gasteiger partial charge in [0.1, 0.15) is 6.04 Å². The predicted octanol–water partition coefficient (Wildman–Crippen LogP) is 3.37. The summed E-state index contributed by atoms with van der Waals surface area (Å²) in [5.74, 6) is -0.133. The van der Waals surface area contributed by atoms with Gasteiger partial charge in [-0.15, -0.1) is 0 Å². The van der Waals surface area contributed by atoms with Gasteiger partial charge in [0.05, 0.1) is 12.2 Å². The Morgan fingerprint density at radius 3 is 2.76 bits per heavy atom. The van der Waals surface area contributed by atoms with Crippen molar-refractivity contribution in [2.75, 3.05) is 4.90 Å². The number of hydrogen-bond acceptors (Lipinski definition) is 2. The molecule has 5 heteroatoms. The fraction of sp³-hybridized carbons (Fsp3) is 0.200. The van der Waals surface area contributed by atoms with Crippen LogP contribution in [0.15, 0.2) is 48.5 Å². The number of nitrogens with zero attached hydrogens (tertiary/aromatic N) is 2. The number of benzene rings is 2. The zero-order chi connectivity index (χ0) is 17.1. The minimum Gasteiger partial charge on any atom is -0.357 e. The van der Waals surface area contributed by atoms with Crippen LogP contribution in [0.2, 0.25) is 0 Å². The fourth-order valence-electron chi connectivity index (χ4n) is 4.01. The largest absolute Gasteiger partial charge is 0.357 e. The monoisotopic (exact) mass is 331 g/mol. The number of aryl methyl sites for hydroxylation is 1. The van der Waals surface area contributed by atoms with Gasteiger partial charge in [-0.3, -0.25) is 4.79 Å². The van der Waals surface area contributed by atoms with E-state index in [1.165, 1.54) is 4.90 Å². The average molecular weight is 331 g/mol. The third-order valence-corrected chi connectivity index (χ3v) is 5.21. The van der Waals surface area contributed by atoms with Gasteiger partial charge in [0.2, 0.25) is 0 Å². The van der Waals surface area contributed by atoms with Gasteiger partial charge in [0, 0.05) is 23.0 Å². The van der Waals surface area contributed by atoms with E-state index < -0.39 is 6.04 Å². The Morgan fingerprint density at radius 2 is 1.92 bits per heavy atom. The van der Waals surface area contributed by atoms with Crippen molar-refractivity contribution in [3.63, 3.8) is 0 Å². The van der Waals surface area contributed by atoms with E-state index >= 15 is 0 Å². The minimum atomic E-state index is -0.417. The number of aromatic nitrogens is 1. The molecule has 1 saturated heterocycles. The summed E-state index contributed by atoms with van der Waals surface area (Å²) < 4.78 is 0. The average Bonchev–Trinajstić information content (AvgIpc) is 3.09. The van der Waals surface area contributed by atoms with Crippen LogP contribution in [0.25, 0.3) is 10.9 Å². The van der Waals surface area contributed by atoms with Crippen LogP contribution in [-0.2, 0) is 17.8 Å². The summed E-state index contributed by atoms with van der Waals surface area (Å²) in [5.41, 5.74) is 4.93. The number of aromatic amines is 1. The lowest BCUT2D eigenvalue weighted by atomic mass is 9.97. The number of imide groups is 1. The van der Waals surface area contributed by atoms with Gasteiger partial charge >= 0.3 is 6.03 Å². The Bertz CT molecular complexity index is 1040. The number of rotatable bonds is 1. The first-order chi connectivity index (χ1) is 12.1. The second kappa shape index (κ2) is 4.96. The molecule has 0 bridgehead atoms. The molecule has 2 aliphatic heterocycles. The van der Waals surface area contributed by atoms with E-state index in [0.717, 1.165) is 27.7 Å². The van der Waals surface area contributed by atoms with Crippen molar-refractivity contribution in [1.82, 2.24) is 9.88 Å². The lowest BCUT2D eigenvalue weighted by Gasteiger charge is -2.26. The number of H-pyrrole nitrogens is 1. The van der Waals surface area contributed by atoms with Crippen molar-refractivity contribution in [1.29, 1.82) is 0 Å². The van der Waals surface area contributed by atoms with Crippen molar-refractivity contribution in [3.8, 4) is 0 Å². The van der Waals surface area contributed by atoms with Crippen LogP contribution in [0.4, 0.5) is 10.5 Å². The highest BCUT2D eigenvalue weighted by atomic mass is 16.2. The van der Waals surface area contributed by atoms with Gasteiger partial charge in [-0.05, 0) is 36.2 Å². The molecule has 5 nitrogen and oxygen atoms in total. The molecule has 3 aromatic rings. The normalized spacial score (nSPS) is 19.5. The number of anilines is 1. The van der Waals surface area contributed by atoms with Crippen LogP contribution in [0.5, 0.6) is 0 Å². The number of nitrogens with one attached hydrogen (secondary N) is 1. The highest BCUT2D eigenvalue weighted by Crippen LogP contribution is 2.36. The number of para-hydroxylation sites is 1. The van der Waals surface area contributed by atoms with Crippen molar-refractivity contribution < 1.29 is 9.59 Å². The Balaban J connectivity index is 1.57. The Morgan fingerprint density at radius 1 is 1.08 bits per heavy atom. The zero-order valence-corrected chi connectivity index (χ0v) is 13.8. The molecule has 1 N–H and O–H groups in total. The standard InChI is InChI=1S/C20H17N3O2/c1-12-5-4-6-13(9-12)23-19(24)18-10-15-14-7-2-3-8-16(14)21-17(15)11-22(18)20(23)25/h2-9,18,21H,10-11H2,1H3/t18-/m1/s1. The molecule has 0 saturated carbocycles. The van der Waals surface area contributed by atoms with Crippen LogP contribution >= 0.6 is 0 Å². The first-order valence-corrected chi connectivity index (χ1v) is 8.43. The summed E-state index contributed by atoms with van der Waals surface area (Å²) in [5, 5.41) is 1.14. The second-order valence-corrected chi connectivity index (χ2v) is 6.77. The zero-order valence-electron chi connectivity index (χ0n) is 13.8. The molecule has 3 amide bonds. The highest BCUT2D eigenvalue weighted by molar-refractivity contribution is 6.21. The maximum atomic E-state index is 13.0. The van der Waals surface area contributed by atoms with Gasteiger partial charge in [0.25, 0.3) is 5.91 Å². The molecule has 25 heavy (non-hydrogen) atoms. The molecule has 3 heterocycles. The SMILES string of the molecule is Cc1cccc(N2C(=O)[C@H]3Cc4c([nH]c5ccccc45)CN3C2=O)c1. The summed E-state index contributed by atoms with van der Waals surface area (Å²) in [7, 11) is 0. The molecular weight excluding hydrogens is 314 g/mol. The molecule has 0 radical (unpaired) electrons. The van der Waals surface area contributed by atoms with Crippen LogP contribution in [0, 0.1) is 6.92 Å². The van der Waals surface area contributed by atoms with Crippen molar-refractivity contribution in [3.05, 3.63) is 65.4 Å². The maximum Gasteiger partial charge on any atom is 0.332 e. The first kappa shape index (κ1) is 14.3. The van der Waals surface area contributed by atoms with Gasteiger partial charge in [0.15, 0.2) is 0 Å². The lowest BCUT2D eigenvalue weighted by molar-refractivity contribution is -0.119. The Kier molecular flexibility index (Phi) is 2.83. The van der Waals surface area contributed by atoms with Crippen molar-refractivity contribution in [2.45, 2.75) is 25.9 Å². The molecule has 1 fully saturated rings. The van der Waals surface area contributed by atoms with E-state index in [2.05, 4.69) is 11.1 Å². The number of carbonyl (C=O) groups is 2.